The fraction of sp³-hybridized carbons (Fsp3) is 0.474. The van der Waals surface area contributed by atoms with E-state index in [-0.39, 0.29) is 6.04 Å². The van der Waals surface area contributed by atoms with E-state index >= 15 is 0 Å². The number of ether oxygens (including phenoxy) is 1. The van der Waals surface area contributed by atoms with E-state index in [9.17, 15) is 9.90 Å². The molecule has 1 aromatic carbocycles. The second kappa shape index (κ2) is 6.77. The lowest BCUT2D eigenvalue weighted by Crippen LogP contribution is -2.40. The van der Waals surface area contributed by atoms with Gasteiger partial charge in [-0.3, -0.25) is 0 Å². The Labute approximate surface area is 150 Å². The Morgan fingerprint density at radius 3 is 3.04 bits per heavy atom. The first-order valence-electron chi connectivity index (χ1n) is 8.79. The smallest absolute Gasteiger partial charge is 0.407 e. The van der Waals surface area contributed by atoms with Crippen molar-refractivity contribution in [3.63, 3.8) is 0 Å². The van der Waals surface area contributed by atoms with Crippen LogP contribution in [0.25, 0.3) is 15.8 Å². The summed E-state index contributed by atoms with van der Waals surface area (Å²) in [4.78, 5) is 18.0. The summed E-state index contributed by atoms with van der Waals surface area (Å²) in [5.41, 5.74) is 3.28. The minimum atomic E-state index is -0.831. The van der Waals surface area contributed by atoms with E-state index in [1.54, 1.807) is 16.2 Å². The van der Waals surface area contributed by atoms with Crippen LogP contribution in [0.3, 0.4) is 0 Å². The van der Waals surface area contributed by atoms with Crippen LogP contribution in [-0.4, -0.2) is 40.8 Å². The Morgan fingerprint density at radius 2 is 2.28 bits per heavy atom. The monoisotopic (exact) mass is 358 g/mol. The van der Waals surface area contributed by atoms with Crippen molar-refractivity contribution in [1.29, 1.82) is 0 Å². The molecule has 1 unspecified atom stereocenters. The quantitative estimate of drug-likeness (QED) is 0.855. The number of aromatic nitrogens is 1. The summed E-state index contributed by atoms with van der Waals surface area (Å²) >= 11 is 1.70. The molecule has 3 heterocycles. The van der Waals surface area contributed by atoms with Crippen molar-refractivity contribution in [2.45, 2.75) is 32.2 Å². The van der Waals surface area contributed by atoms with Crippen molar-refractivity contribution in [2.75, 3.05) is 19.8 Å². The van der Waals surface area contributed by atoms with Gasteiger partial charge in [0.25, 0.3) is 0 Å². The van der Waals surface area contributed by atoms with E-state index in [2.05, 4.69) is 31.2 Å². The molecule has 6 heteroatoms. The largest absolute Gasteiger partial charge is 0.465 e. The SMILES string of the molecule is C[C@H]1CCC(c2ccc3sc(C4=CCOCC4)nc3c2)N(C(=O)O)C1. The van der Waals surface area contributed by atoms with Gasteiger partial charge in [0.15, 0.2) is 0 Å². The van der Waals surface area contributed by atoms with Crippen molar-refractivity contribution in [3.8, 4) is 0 Å². The molecular weight excluding hydrogens is 336 g/mol. The summed E-state index contributed by atoms with van der Waals surface area (Å²) < 4.78 is 6.53. The van der Waals surface area contributed by atoms with Gasteiger partial charge in [-0.15, -0.1) is 11.3 Å². The van der Waals surface area contributed by atoms with Crippen LogP contribution in [-0.2, 0) is 4.74 Å². The van der Waals surface area contributed by atoms with E-state index in [1.165, 1.54) is 5.57 Å². The normalized spacial score (nSPS) is 24.4. The molecule has 2 aliphatic rings. The summed E-state index contributed by atoms with van der Waals surface area (Å²) in [7, 11) is 0. The van der Waals surface area contributed by atoms with E-state index in [0.717, 1.165) is 46.7 Å². The van der Waals surface area contributed by atoms with Gasteiger partial charge >= 0.3 is 6.09 Å². The lowest BCUT2D eigenvalue weighted by molar-refractivity contribution is 0.0900. The van der Waals surface area contributed by atoms with Gasteiger partial charge in [-0.1, -0.05) is 19.1 Å². The molecule has 1 saturated heterocycles. The second-order valence-electron chi connectivity index (χ2n) is 6.93. The summed E-state index contributed by atoms with van der Waals surface area (Å²) in [6.07, 6.45) is 4.11. The molecule has 0 aliphatic carbocycles. The Bertz CT molecular complexity index is 829. The summed E-state index contributed by atoms with van der Waals surface area (Å²) in [6.45, 7) is 4.13. The van der Waals surface area contributed by atoms with Gasteiger partial charge in [-0.25, -0.2) is 9.78 Å². The average molecular weight is 358 g/mol. The molecule has 1 amide bonds. The maximum atomic E-state index is 11.7. The topological polar surface area (TPSA) is 62.7 Å². The van der Waals surface area contributed by atoms with Crippen LogP contribution in [0.1, 0.15) is 42.8 Å². The third-order valence-corrected chi connectivity index (χ3v) is 6.21. The Balaban J connectivity index is 1.66. The first kappa shape index (κ1) is 16.5. The maximum absolute atomic E-state index is 11.7. The van der Waals surface area contributed by atoms with Gasteiger partial charge in [0.2, 0.25) is 0 Å². The highest BCUT2D eigenvalue weighted by molar-refractivity contribution is 7.19. The third-order valence-electron chi connectivity index (χ3n) is 5.10. The fourth-order valence-corrected chi connectivity index (χ4v) is 4.73. The highest BCUT2D eigenvalue weighted by Crippen LogP contribution is 2.36. The van der Waals surface area contributed by atoms with E-state index in [4.69, 9.17) is 9.72 Å². The minimum Gasteiger partial charge on any atom is -0.465 e. The number of fused-ring (bicyclic) bond motifs is 1. The molecule has 0 bridgehead atoms. The van der Waals surface area contributed by atoms with Crippen LogP contribution < -0.4 is 0 Å². The van der Waals surface area contributed by atoms with Crippen molar-refractivity contribution < 1.29 is 14.6 Å². The molecule has 1 fully saturated rings. The predicted octanol–water partition coefficient (Wildman–Crippen LogP) is 4.55. The van der Waals surface area contributed by atoms with Crippen molar-refractivity contribution in [2.24, 2.45) is 5.92 Å². The number of amides is 1. The first-order valence-corrected chi connectivity index (χ1v) is 9.60. The summed E-state index contributed by atoms with van der Waals surface area (Å²) in [6, 6.07) is 6.17. The van der Waals surface area contributed by atoms with Crippen molar-refractivity contribution >= 4 is 33.2 Å². The Morgan fingerprint density at radius 1 is 1.40 bits per heavy atom. The highest BCUT2D eigenvalue weighted by atomic mass is 32.1. The molecule has 0 saturated carbocycles. The van der Waals surface area contributed by atoms with E-state index in [0.29, 0.717) is 19.1 Å². The number of hydrogen-bond donors (Lipinski definition) is 1. The summed E-state index contributed by atoms with van der Waals surface area (Å²) in [5.74, 6) is 0.419. The Kier molecular flexibility index (Phi) is 4.48. The number of piperidine rings is 1. The number of rotatable bonds is 2. The minimum absolute atomic E-state index is 0.0643. The molecule has 5 nitrogen and oxygen atoms in total. The number of carboxylic acid groups (broad SMARTS) is 1. The number of thiazole rings is 1. The molecule has 0 radical (unpaired) electrons. The third kappa shape index (κ3) is 3.28. The van der Waals surface area contributed by atoms with Gasteiger partial charge < -0.3 is 14.7 Å². The van der Waals surface area contributed by atoms with Gasteiger partial charge in [0.1, 0.15) is 5.01 Å². The number of carbonyl (C=O) groups is 1. The van der Waals surface area contributed by atoms with E-state index < -0.39 is 6.09 Å². The fourth-order valence-electron chi connectivity index (χ4n) is 3.72. The van der Waals surface area contributed by atoms with Gasteiger partial charge in [-0.05, 0) is 48.4 Å². The van der Waals surface area contributed by atoms with Gasteiger partial charge in [0.05, 0.1) is 29.5 Å². The molecule has 0 spiro atoms. The lowest BCUT2D eigenvalue weighted by Gasteiger charge is -2.37. The Hall–Kier alpha value is -1.92. The standard InChI is InChI=1S/C19H22N2O3S/c1-12-2-4-16(21(11-12)19(22)23)14-3-5-17-15(10-14)20-18(25-17)13-6-8-24-9-7-13/h3,5-6,10,12,16H,2,4,7-9,11H2,1H3,(H,22,23)/t12-,16?/m0/s1. The zero-order chi connectivity index (χ0) is 17.4. The average Bonchev–Trinajstić information content (AvgIpc) is 3.05. The van der Waals surface area contributed by atoms with Gasteiger partial charge in [-0.2, -0.15) is 0 Å². The van der Waals surface area contributed by atoms with Gasteiger partial charge in [0, 0.05) is 6.54 Å². The van der Waals surface area contributed by atoms with E-state index in [1.807, 2.05) is 0 Å². The predicted molar refractivity (Wildman–Crippen MR) is 98.9 cm³/mol. The molecule has 132 valence electrons. The number of hydrogen-bond acceptors (Lipinski definition) is 4. The molecule has 2 atom stereocenters. The highest BCUT2D eigenvalue weighted by Gasteiger charge is 2.31. The first-order chi connectivity index (χ1) is 12.1. The molecular formula is C19H22N2O3S. The van der Waals surface area contributed by atoms with Crippen LogP contribution in [0.15, 0.2) is 24.3 Å². The number of likely N-dealkylation sites (tertiary alicyclic amines) is 1. The van der Waals surface area contributed by atoms with Crippen molar-refractivity contribution in [3.05, 3.63) is 34.8 Å². The molecule has 4 rings (SSSR count). The molecule has 1 N–H and O–H groups in total. The molecule has 2 aromatic rings. The second-order valence-corrected chi connectivity index (χ2v) is 7.96. The van der Waals surface area contributed by atoms with Crippen LogP contribution in [0.5, 0.6) is 0 Å². The van der Waals surface area contributed by atoms with Crippen LogP contribution in [0.2, 0.25) is 0 Å². The zero-order valence-electron chi connectivity index (χ0n) is 14.3. The molecule has 2 aliphatic heterocycles. The van der Waals surface area contributed by atoms with Crippen LogP contribution >= 0.6 is 11.3 Å². The lowest BCUT2D eigenvalue weighted by atomic mass is 9.90. The maximum Gasteiger partial charge on any atom is 0.407 e. The number of benzene rings is 1. The molecule has 1 aromatic heterocycles. The zero-order valence-corrected chi connectivity index (χ0v) is 15.1. The van der Waals surface area contributed by atoms with Crippen molar-refractivity contribution in [1.82, 2.24) is 9.88 Å². The molecule has 25 heavy (non-hydrogen) atoms. The van der Waals surface area contributed by atoms with Crippen LogP contribution in [0, 0.1) is 5.92 Å². The van der Waals surface area contributed by atoms with Crippen LogP contribution in [0.4, 0.5) is 4.79 Å². The number of nitrogens with zero attached hydrogens (tertiary/aromatic N) is 2. The summed E-state index contributed by atoms with van der Waals surface area (Å²) in [5, 5.41) is 10.6.